The van der Waals surface area contributed by atoms with Crippen LogP contribution in [0.1, 0.15) is 22.0 Å². The van der Waals surface area contributed by atoms with Crippen molar-refractivity contribution in [3.63, 3.8) is 0 Å². The molecule has 0 saturated carbocycles. The molecular formula is C22H20NO3S+. The maximum atomic E-state index is 12.0. The minimum Gasteiger partial charge on any atom is -0.497 e. The van der Waals surface area contributed by atoms with E-state index in [2.05, 4.69) is 47.1 Å². The summed E-state index contributed by atoms with van der Waals surface area (Å²) in [6.07, 6.45) is 0. The lowest BCUT2D eigenvalue weighted by Gasteiger charge is -2.15. The Hall–Kier alpha value is -2.89. The van der Waals surface area contributed by atoms with Crippen LogP contribution < -0.4 is 15.7 Å². The van der Waals surface area contributed by atoms with Crippen LogP contribution in [0.4, 0.5) is 0 Å². The number of quaternary nitrogens is 1. The second-order valence-electron chi connectivity index (χ2n) is 6.30. The molecule has 0 spiro atoms. The van der Waals surface area contributed by atoms with E-state index in [0.29, 0.717) is 17.9 Å². The van der Waals surface area contributed by atoms with Crippen molar-refractivity contribution in [1.82, 2.24) is 0 Å². The SMILES string of the molecule is COc1ccc2c(C[NH2+][C@@H](c3ccccc3)c3cccs3)cc(=O)oc2c1. The molecule has 2 aromatic carbocycles. The predicted octanol–water partition coefficient (Wildman–Crippen LogP) is 3.72. The summed E-state index contributed by atoms with van der Waals surface area (Å²) in [6.45, 7) is 0.673. The van der Waals surface area contributed by atoms with Gasteiger partial charge in [-0.25, -0.2) is 4.79 Å². The molecule has 2 aromatic heterocycles. The maximum absolute atomic E-state index is 12.0. The van der Waals surface area contributed by atoms with Gasteiger partial charge < -0.3 is 14.5 Å². The van der Waals surface area contributed by atoms with Crippen LogP contribution in [0, 0.1) is 0 Å². The molecule has 2 N–H and O–H groups in total. The Morgan fingerprint density at radius 3 is 2.67 bits per heavy atom. The van der Waals surface area contributed by atoms with E-state index in [9.17, 15) is 4.79 Å². The average Bonchev–Trinajstić information content (AvgIpc) is 3.22. The standard InChI is InChI=1S/C22H19NO3S/c1-25-17-9-10-18-16(12-21(24)26-19(18)13-17)14-23-22(20-8-5-11-27-20)15-6-3-2-4-7-15/h2-13,22-23H,14H2,1H3/p+1/t22-/m0/s1. The molecule has 0 aliphatic heterocycles. The highest BCUT2D eigenvalue weighted by Gasteiger charge is 2.19. The third kappa shape index (κ3) is 3.79. The van der Waals surface area contributed by atoms with Gasteiger partial charge in [-0.2, -0.15) is 0 Å². The lowest BCUT2D eigenvalue weighted by molar-refractivity contribution is -0.701. The molecule has 0 saturated heterocycles. The summed E-state index contributed by atoms with van der Waals surface area (Å²) in [5.74, 6) is 0.674. The van der Waals surface area contributed by atoms with Gasteiger partial charge in [0.15, 0.2) is 0 Å². The molecule has 4 nitrogen and oxygen atoms in total. The molecule has 0 aliphatic carbocycles. The van der Waals surface area contributed by atoms with Gasteiger partial charge >= 0.3 is 5.63 Å². The highest BCUT2D eigenvalue weighted by Crippen LogP contribution is 2.24. The number of thiophene rings is 1. The van der Waals surface area contributed by atoms with E-state index >= 15 is 0 Å². The van der Waals surface area contributed by atoms with E-state index < -0.39 is 0 Å². The quantitative estimate of drug-likeness (QED) is 0.520. The van der Waals surface area contributed by atoms with Crippen molar-refractivity contribution in [3.05, 3.63) is 98.5 Å². The van der Waals surface area contributed by atoms with Crippen molar-refractivity contribution in [3.8, 4) is 5.75 Å². The lowest BCUT2D eigenvalue weighted by atomic mass is 10.0. The van der Waals surface area contributed by atoms with E-state index in [0.717, 1.165) is 10.9 Å². The number of methoxy groups -OCH3 is 1. The summed E-state index contributed by atoms with van der Waals surface area (Å²) in [7, 11) is 1.60. The van der Waals surface area contributed by atoms with E-state index in [4.69, 9.17) is 9.15 Å². The number of hydrogen-bond donors (Lipinski definition) is 1. The molecule has 0 radical (unpaired) electrons. The van der Waals surface area contributed by atoms with Crippen molar-refractivity contribution >= 4 is 22.3 Å². The van der Waals surface area contributed by atoms with Crippen molar-refractivity contribution in [1.29, 1.82) is 0 Å². The minimum absolute atomic E-state index is 0.187. The van der Waals surface area contributed by atoms with Crippen molar-refractivity contribution < 1.29 is 14.5 Å². The predicted molar refractivity (Wildman–Crippen MR) is 107 cm³/mol. The Balaban J connectivity index is 1.68. The van der Waals surface area contributed by atoms with Gasteiger partial charge in [-0.1, -0.05) is 36.4 Å². The van der Waals surface area contributed by atoms with Gasteiger partial charge in [-0.3, -0.25) is 0 Å². The zero-order valence-electron chi connectivity index (χ0n) is 14.9. The first-order chi connectivity index (χ1) is 13.2. The molecule has 5 heteroatoms. The average molecular weight is 378 g/mol. The van der Waals surface area contributed by atoms with E-state index in [1.54, 1.807) is 30.6 Å². The zero-order chi connectivity index (χ0) is 18.6. The summed E-state index contributed by atoms with van der Waals surface area (Å²) < 4.78 is 10.6. The Kier molecular flexibility index (Phi) is 5.05. The summed E-state index contributed by atoms with van der Waals surface area (Å²) in [4.78, 5) is 13.3. The van der Waals surface area contributed by atoms with Gasteiger partial charge in [-0.15, -0.1) is 11.3 Å². The third-order valence-electron chi connectivity index (χ3n) is 4.62. The fraction of sp³-hybridized carbons (Fsp3) is 0.136. The van der Waals surface area contributed by atoms with Crippen LogP contribution in [-0.4, -0.2) is 7.11 Å². The van der Waals surface area contributed by atoms with Crippen LogP contribution in [0.3, 0.4) is 0 Å². The monoisotopic (exact) mass is 378 g/mol. The molecule has 0 fully saturated rings. The van der Waals surface area contributed by atoms with Gasteiger partial charge in [-0.05, 0) is 23.6 Å². The second kappa shape index (κ2) is 7.78. The minimum atomic E-state index is -0.341. The fourth-order valence-corrected chi connectivity index (χ4v) is 4.15. The molecule has 0 bridgehead atoms. The maximum Gasteiger partial charge on any atom is 0.336 e. The highest BCUT2D eigenvalue weighted by molar-refractivity contribution is 7.10. The van der Waals surface area contributed by atoms with Crippen LogP contribution in [-0.2, 0) is 6.54 Å². The summed E-state index contributed by atoms with van der Waals surface area (Å²) >= 11 is 1.74. The Morgan fingerprint density at radius 2 is 1.93 bits per heavy atom. The highest BCUT2D eigenvalue weighted by atomic mass is 32.1. The molecule has 2 heterocycles. The number of rotatable bonds is 6. The van der Waals surface area contributed by atoms with Crippen molar-refractivity contribution in [2.45, 2.75) is 12.6 Å². The van der Waals surface area contributed by atoms with Gasteiger partial charge in [0.05, 0.1) is 12.0 Å². The Labute approximate surface area is 161 Å². The summed E-state index contributed by atoms with van der Waals surface area (Å²) in [6, 6.07) is 22.0. The number of benzene rings is 2. The smallest absolute Gasteiger partial charge is 0.336 e. The molecule has 27 heavy (non-hydrogen) atoms. The normalized spacial score (nSPS) is 12.2. The topological polar surface area (TPSA) is 56.0 Å². The zero-order valence-corrected chi connectivity index (χ0v) is 15.7. The fourth-order valence-electron chi connectivity index (χ4n) is 3.30. The van der Waals surface area contributed by atoms with Gasteiger partial charge in [0, 0.05) is 28.6 Å². The van der Waals surface area contributed by atoms with Crippen LogP contribution in [0.15, 0.2) is 81.3 Å². The largest absolute Gasteiger partial charge is 0.497 e. The van der Waals surface area contributed by atoms with Gasteiger partial charge in [0.1, 0.15) is 23.9 Å². The first-order valence-electron chi connectivity index (χ1n) is 8.77. The van der Waals surface area contributed by atoms with Gasteiger partial charge in [0.25, 0.3) is 0 Å². The molecule has 0 aliphatic rings. The van der Waals surface area contributed by atoms with E-state index in [1.165, 1.54) is 10.4 Å². The van der Waals surface area contributed by atoms with Crippen LogP contribution in [0.2, 0.25) is 0 Å². The molecule has 4 aromatic rings. The Morgan fingerprint density at radius 1 is 1.07 bits per heavy atom. The van der Waals surface area contributed by atoms with E-state index in [1.807, 2.05) is 18.2 Å². The molecule has 4 rings (SSSR count). The summed E-state index contributed by atoms with van der Waals surface area (Å²) in [5.41, 5.74) is 2.42. The molecule has 1 atom stereocenters. The molecular weight excluding hydrogens is 358 g/mol. The number of ether oxygens (including phenoxy) is 1. The molecule has 0 unspecified atom stereocenters. The van der Waals surface area contributed by atoms with Crippen LogP contribution >= 0.6 is 11.3 Å². The van der Waals surface area contributed by atoms with Crippen molar-refractivity contribution in [2.24, 2.45) is 0 Å². The third-order valence-corrected chi connectivity index (χ3v) is 5.57. The first-order valence-corrected chi connectivity index (χ1v) is 9.65. The Bertz CT molecular complexity index is 1090. The first kappa shape index (κ1) is 17.5. The molecule has 0 amide bonds. The summed E-state index contributed by atoms with van der Waals surface area (Å²) in [5, 5.41) is 5.29. The van der Waals surface area contributed by atoms with Gasteiger partial charge in [0.2, 0.25) is 0 Å². The number of hydrogen-bond acceptors (Lipinski definition) is 4. The number of fused-ring (bicyclic) bond motifs is 1. The van der Waals surface area contributed by atoms with Crippen molar-refractivity contribution in [2.75, 3.05) is 7.11 Å². The lowest BCUT2D eigenvalue weighted by Crippen LogP contribution is -2.83. The van der Waals surface area contributed by atoms with Crippen LogP contribution in [0.25, 0.3) is 11.0 Å². The van der Waals surface area contributed by atoms with Crippen LogP contribution in [0.5, 0.6) is 5.75 Å². The van der Waals surface area contributed by atoms with E-state index in [-0.39, 0.29) is 11.7 Å². The number of nitrogens with two attached hydrogens (primary N) is 1. The molecule has 136 valence electrons. The second-order valence-corrected chi connectivity index (χ2v) is 7.28.